The van der Waals surface area contributed by atoms with E-state index in [0.29, 0.717) is 0 Å². The van der Waals surface area contributed by atoms with Gasteiger partial charge in [0.05, 0.1) is 0 Å². The minimum absolute atomic E-state index is 1.04. The summed E-state index contributed by atoms with van der Waals surface area (Å²) >= 11 is 0. The predicted octanol–water partition coefficient (Wildman–Crippen LogP) is 3.61. The lowest BCUT2D eigenvalue weighted by Crippen LogP contribution is -2.16. The summed E-state index contributed by atoms with van der Waals surface area (Å²) < 4.78 is 0. The molecule has 68 valence electrons. The highest BCUT2D eigenvalue weighted by atomic mass is 28.3. The minimum Gasteiger partial charge on any atom is -0.132 e. The number of hydrogen-bond acceptors (Lipinski definition) is 0. The number of hydrogen-bond donors (Lipinski definition) is 0. The Labute approximate surface area is 78.1 Å². The van der Waals surface area contributed by atoms with Gasteiger partial charge in [-0.25, -0.2) is 0 Å². The Morgan fingerprint density at radius 1 is 1.33 bits per heavy atom. The summed E-state index contributed by atoms with van der Waals surface area (Å²) in [5.74, 6) is 3.25. The molecular formula is C11H20Si. The van der Waals surface area contributed by atoms with Gasteiger partial charge in [-0.15, -0.1) is 18.0 Å². The first-order valence-electron chi connectivity index (χ1n) is 4.56. The summed E-state index contributed by atoms with van der Waals surface area (Å²) in [5, 5.41) is 0. The highest BCUT2D eigenvalue weighted by Crippen LogP contribution is 2.03. The van der Waals surface area contributed by atoms with E-state index in [1.54, 1.807) is 0 Å². The van der Waals surface area contributed by atoms with E-state index >= 15 is 0 Å². The zero-order chi connectivity index (χ0) is 9.61. The van der Waals surface area contributed by atoms with Crippen LogP contribution in [0.25, 0.3) is 0 Å². The van der Waals surface area contributed by atoms with Crippen LogP contribution < -0.4 is 0 Å². The third-order valence-corrected chi connectivity index (χ3v) is 2.30. The molecule has 0 aliphatic heterocycles. The second-order valence-electron chi connectivity index (χ2n) is 4.36. The summed E-state index contributed by atoms with van der Waals surface area (Å²) in [5.41, 5.74) is 4.62. The highest BCUT2D eigenvalue weighted by molar-refractivity contribution is 6.83. The van der Waals surface area contributed by atoms with Gasteiger partial charge in [-0.1, -0.05) is 25.2 Å². The lowest BCUT2D eigenvalue weighted by Gasteiger charge is -2.03. The van der Waals surface area contributed by atoms with Crippen molar-refractivity contribution in [2.45, 2.75) is 45.8 Å². The molecule has 0 amide bonds. The Morgan fingerprint density at radius 3 is 2.33 bits per heavy atom. The lowest BCUT2D eigenvalue weighted by molar-refractivity contribution is 0.849. The van der Waals surface area contributed by atoms with E-state index in [9.17, 15) is 0 Å². The molecule has 0 aromatic rings. The average Bonchev–Trinajstić information content (AvgIpc) is 1.83. The van der Waals surface area contributed by atoms with E-state index in [2.05, 4.69) is 44.6 Å². The van der Waals surface area contributed by atoms with Crippen LogP contribution >= 0.6 is 0 Å². The van der Waals surface area contributed by atoms with Crippen LogP contribution in [0.15, 0.2) is 12.2 Å². The molecule has 0 aromatic carbocycles. The van der Waals surface area contributed by atoms with Crippen molar-refractivity contribution in [1.82, 2.24) is 0 Å². The number of allylic oxidation sites excluding steroid dienone is 1. The molecule has 0 aliphatic carbocycles. The summed E-state index contributed by atoms with van der Waals surface area (Å²) in [7, 11) is -1.12. The quantitative estimate of drug-likeness (QED) is 0.269. The van der Waals surface area contributed by atoms with E-state index in [0.717, 1.165) is 12.8 Å². The monoisotopic (exact) mass is 180 g/mol. The van der Waals surface area contributed by atoms with Gasteiger partial charge in [0.1, 0.15) is 8.07 Å². The lowest BCUT2D eigenvalue weighted by atomic mass is 10.1. The van der Waals surface area contributed by atoms with Crippen LogP contribution in [0.3, 0.4) is 0 Å². The van der Waals surface area contributed by atoms with Gasteiger partial charge in [-0.2, -0.15) is 0 Å². The van der Waals surface area contributed by atoms with Gasteiger partial charge in [0.25, 0.3) is 0 Å². The van der Waals surface area contributed by atoms with Crippen LogP contribution in [0.5, 0.6) is 0 Å². The van der Waals surface area contributed by atoms with Crippen LogP contribution in [0.2, 0.25) is 19.6 Å². The van der Waals surface area contributed by atoms with Gasteiger partial charge in [0.2, 0.25) is 0 Å². The van der Waals surface area contributed by atoms with Crippen molar-refractivity contribution < 1.29 is 0 Å². The van der Waals surface area contributed by atoms with Crippen molar-refractivity contribution in [2.75, 3.05) is 0 Å². The average molecular weight is 180 g/mol. The molecule has 0 saturated heterocycles. The fraction of sp³-hybridized carbons (Fsp3) is 0.636. The van der Waals surface area contributed by atoms with Crippen molar-refractivity contribution >= 4 is 8.07 Å². The molecule has 0 fully saturated rings. The Kier molecular flexibility index (Phi) is 5.00. The zero-order valence-electron chi connectivity index (χ0n) is 8.83. The van der Waals surface area contributed by atoms with E-state index in [4.69, 9.17) is 0 Å². The Balaban J connectivity index is 3.53. The first-order valence-corrected chi connectivity index (χ1v) is 8.06. The van der Waals surface area contributed by atoms with Gasteiger partial charge in [-0.05, 0) is 19.8 Å². The molecule has 0 saturated carbocycles. The molecule has 0 nitrogen and oxygen atoms in total. The Bertz CT molecular complexity index is 197. The molecule has 0 unspecified atom stereocenters. The second-order valence-corrected chi connectivity index (χ2v) is 9.11. The summed E-state index contributed by atoms with van der Waals surface area (Å²) in [6.45, 7) is 12.8. The van der Waals surface area contributed by atoms with Gasteiger partial charge in [0.15, 0.2) is 0 Å². The first-order chi connectivity index (χ1) is 5.42. The number of unbranched alkanes of at least 4 members (excludes halogenated alkanes) is 1. The fourth-order valence-electron chi connectivity index (χ4n) is 0.806. The predicted molar refractivity (Wildman–Crippen MR) is 59.8 cm³/mol. The van der Waals surface area contributed by atoms with Gasteiger partial charge < -0.3 is 0 Å². The summed E-state index contributed by atoms with van der Waals surface area (Å²) in [6, 6.07) is 0. The maximum absolute atomic E-state index is 3.86. The van der Waals surface area contributed by atoms with Crippen LogP contribution in [-0.4, -0.2) is 8.07 Å². The molecule has 0 aliphatic rings. The molecular weight excluding hydrogens is 160 g/mol. The normalized spacial score (nSPS) is 10.3. The Hall–Kier alpha value is -0.483. The van der Waals surface area contributed by atoms with E-state index in [1.165, 1.54) is 12.0 Å². The molecule has 12 heavy (non-hydrogen) atoms. The third-order valence-electron chi connectivity index (χ3n) is 1.37. The smallest absolute Gasteiger partial charge is 0.129 e. The van der Waals surface area contributed by atoms with Crippen molar-refractivity contribution in [3.8, 4) is 11.5 Å². The summed E-state index contributed by atoms with van der Waals surface area (Å²) in [6.07, 6.45) is 3.34. The second kappa shape index (κ2) is 5.21. The van der Waals surface area contributed by atoms with E-state index < -0.39 is 8.07 Å². The highest BCUT2D eigenvalue weighted by Gasteiger charge is 2.06. The maximum atomic E-state index is 3.86. The minimum atomic E-state index is -1.12. The van der Waals surface area contributed by atoms with Gasteiger partial charge in [0, 0.05) is 6.42 Å². The van der Waals surface area contributed by atoms with Crippen molar-refractivity contribution in [3.63, 3.8) is 0 Å². The molecule has 1 heteroatoms. The maximum Gasteiger partial charge on any atom is 0.129 e. The van der Waals surface area contributed by atoms with Crippen molar-refractivity contribution in [2.24, 2.45) is 0 Å². The molecule has 0 spiro atoms. The van der Waals surface area contributed by atoms with Crippen LogP contribution in [0, 0.1) is 11.5 Å². The van der Waals surface area contributed by atoms with Crippen molar-refractivity contribution in [3.05, 3.63) is 12.2 Å². The van der Waals surface area contributed by atoms with Gasteiger partial charge in [-0.3, -0.25) is 0 Å². The molecule has 0 atom stereocenters. The third kappa shape index (κ3) is 9.52. The van der Waals surface area contributed by atoms with Crippen LogP contribution in [-0.2, 0) is 0 Å². The summed E-state index contributed by atoms with van der Waals surface area (Å²) in [4.78, 5) is 0. The topological polar surface area (TPSA) is 0 Å². The SMILES string of the molecule is C=C(C)CCCC#C[Si](C)(C)C. The first kappa shape index (κ1) is 11.5. The van der Waals surface area contributed by atoms with Crippen LogP contribution in [0.1, 0.15) is 26.2 Å². The molecule has 0 aromatic heterocycles. The number of rotatable bonds is 3. The standard InChI is InChI=1S/C11H20Si/c1-11(2)9-7-6-8-10-12(3,4)5/h1,6-7,9H2,2-5H3. The molecule has 0 bridgehead atoms. The van der Waals surface area contributed by atoms with Crippen molar-refractivity contribution in [1.29, 1.82) is 0 Å². The van der Waals surface area contributed by atoms with E-state index in [-0.39, 0.29) is 0 Å². The Morgan fingerprint density at radius 2 is 1.92 bits per heavy atom. The zero-order valence-corrected chi connectivity index (χ0v) is 9.83. The fourth-order valence-corrected chi connectivity index (χ4v) is 1.46. The molecule has 0 heterocycles. The molecule has 0 radical (unpaired) electrons. The largest absolute Gasteiger partial charge is 0.132 e. The van der Waals surface area contributed by atoms with Gasteiger partial charge >= 0.3 is 0 Å². The van der Waals surface area contributed by atoms with E-state index in [1.807, 2.05) is 0 Å². The molecule has 0 N–H and O–H groups in total. The molecule has 0 rings (SSSR count). The van der Waals surface area contributed by atoms with Crippen LogP contribution in [0.4, 0.5) is 0 Å².